The zero-order valence-electron chi connectivity index (χ0n) is 11.8. The van der Waals surface area contributed by atoms with Gasteiger partial charge in [-0.1, -0.05) is 20.8 Å². The van der Waals surface area contributed by atoms with Crippen LogP contribution in [0.2, 0.25) is 0 Å². The summed E-state index contributed by atoms with van der Waals surface area (Å²) in [6.45, 7) is 11.1. The van der Waals surface area contributed by atoms with E-state index in [1.807, 2.05) is 0 Å². The Morgan fingerprint density at radius 2 is 2.22 bits per heavy atom. The lowest BCUT2D eigenvalue weighted by atomic mass is 9.85. The molecule has 3 nitrogen and oxygen atoms in total. The quantitative estimate of drug-likeness (QED) is 0.907. The van der Waals surface area contributed by atoms with Crippen LogP contribution >= 0.6 is 11.3 Å². The summed E-state index contributed by atoms with van der Waals surface area (Å²) in [5.74, 6) is 0. The smallest absolute Gasteiger partial charge is 0.185 e. The lowest BCUT2D eigenvalue weighted by molar-refractivity contribution is 0.325. The Labute approximate surface area is 115 Å². The van der Waals surface area contributed by atoms with E-state index in [0.29, 0.717) is 5.41 Å². The second-order valence-corrected chi connectivity index (χ2v) is 6.74. The molecule has 0 aliphatic carbocycles. The van der Waals surface area contributed by atoms with Crippen molar-refractivity contribution < 1.29 is 0 Å². The van der Waals surface area contributed by atoms with Crippen LogP contribution in [-0.4, -0.2) is 24.6 Å². The molecule has 1 saturated heterocycles. The van der Waals surface area contributed by atoms with Gasteiger partial charge in [-0.2, -0.15) is 0 Å². The molecule has 0 bridgehead atoms. The molecule has 1 aliphatic heterocycles. The molecule has 1 fully saturated rings. The predicted octanol–water partition coefficient (Wildman–Crippen LogP) is 3.27. The summed E-state index contributed by atoms with van der Waals surface area (Å²) in [7, 11) is 0. The number of thiazole rings is 1. The van der Waals surface area contributed by atoms with Crippen LogP contribution in [-0.2, 0) is 6.54 Å². The number of nitrogens with zero attached hydrogens (tertiary/aromatic N) is 2. The van der Waals surface area contributed by atoms with Crippen LogP contribution in [0.3, 0.4) is 0 Å². The summed E-state index contributed by atoms with van der Waals surface area (Å²) in [4.78, 5) is 7.21. The topological polar surface area (TPSA) is 28.2 Å². The maximum atomic E-state index is 4.74. The number of hydrogen-bond acceptors (Lipinski definition) is 4. The van der Waals surface area contributed by atoms with Crippen molar-refractivity contribution in [1.29, 1.82) is 0 Å². The molecule has 4 heteroatoms. The Hall–Kier alpha value is -0.610. The molecule has 18 heavy (non-hydrogen) atoms. The number of aromatic nitrogens is 1. The first-order chi connectivity index (χ1) is 8.61. The minimum atomic E-state index is 0.499. The van der Waals surface area contributed by atoms with E-state index in [0.717, 1.165) is 26.2 Å². The molecule has 1 aromatic heterocycles. The van der Waals surface area contributed by atoms with Gasteiger partial charge >= 0.3 is 0 Å². The van der Waals surface area contributed by atoms with Gasteiger partial charge in [0.05, 0.1) is 5.69 Å². The molecule has 1 aromatic rings. The Bertz CT molecular complexity index is 373. The SMILES string of the molecule is CCNCc1csc(N2CCCC(C)(C)CC2)n1. The van der Waals surface area contributed by atoms with Gasteiger partial charge in [0.25, 0.3) is 0 Å². The first-order valence-corrected chi connectivity index (χ1v) is 7.89. The fourth-order valence-electron chi connectivity index (χ4n) is 2.39. The molecule has 0 atom stereocenters. The van der Waals surface area contributed by atoms with E-state index in [1.165, 1.54) is 30.1 Å². The normalized spacial score (nSPS) is 19.8. The molecule has 0 unspecified atom stereocenters. The van der Waals surface area contributed by atoms with E-state index in [9.17, 15) is 0 Å². The molecule has 2 heterocycles. The molecule has 0 amide bonds. The lowest BCUT2D eigenvalue weighted by Crippen LogP contribution is -2.25. The monoisotopic (exact) mass is 267 g/mol. The van der Waals surface area contributed by atoms with E-state index in [-0.39, 0.29) is 0 Å². The Morgan fingerprint density at radius 1 is 1.39 bits per heavy atom. The Balaban J connectivity index is 1.96. The van der Waals surface area contributed by atoms with Crippen molar-refractivity contribution in [2.45, 2.75) is 46.6 Å². The van der Waals surface area contributed by atoms with Crippen molar-refractivity contribution in [2.24, 2.45) is 5.41 Å². The van der Waals surface area contributed by atoms with Gasteiger partial charge in [-0.15, -0.1) is 11.3 Å². The average molecular weight is 267 g/mol. The van der Waals surface area contributed by atoms with Gasteiger partial charge in [0.2, 0.25) is 0 Å². The predicted molar refractivity (Wildman–Crippen MR) is 79.3 cm³/mol. The van der Waals surface area contributed by atoms with Crippen LogP contribution < -0.4 is 10.2 Å². The standard InChI is InChI=1S/C14H25N3S/c1-4-15-10-12-11-18-13(16-12)17-8-5-6-14(2,3)7-9-17/h11,15H,4-10H2,1-3H3. The van der Waals surface area contributed by atoms with Gasteiger partial charge in [-0.3, -0.25) is 0 Å². The summed E-state index contributed by atoms with van der Waals surface area (Å²) in [5.41, 5.74) is 1.68. The molecule has 0 spiro atoms. The summed E-state index contributed by atoms with van der Waals surface area (Å²) in [5, 5.41) is 6.73. The van der Waals surface area contributed by atoms with E-state index < -0.39 is 0 Å². The number of nitrogens with one attached hydrogen (secondary N) is 1. The van der Waals surface area contributed by atoms with Gasteiger partial charge in [0.1, 0.15) is 0 Å². The van der Waals surface area contributed by atoms with Gasteiger partial charge < -0.3 is 10.2 Å². The van der Waals surface area contributed by atoms with Crippen molar-refractivity contribution in [2.75, 3.05) is 24.5 Å². The van der Waals surface area contributed by atoms with E-state index in [1.54, 1.807) is 11.3 Å². The molecule has 1 aliphatic rings. The van der Waals surface area contributed by atoms with Crippen LogP contribution in [0.5, 0.6) is 0 Å². The molecule has 1 N–H and O–H groups in total. The van der Waals surface area contributed by atoms with Crippen molar-refractivity contribution >= 4 is 16.5 Å². The number of rotatable bonds is 4. The first kappa shape index (κ1) is 13.8. The fraction of sp³-hybridized carbons (Fsp3) is 0.786. The Morgan fingerprint density at radius 3 is 3.00 bits per heavy atom. The van der Waals surface area contributed by atoms with Crippen molar-refractivity contribution in [3.8, 4) is 0 Å². The van der Waals surface area contributed by atoms with Crippen molar-refractivity contribution in [3.05, 3.63) is 11.1 Å². The Kier molecular flexibility index (Phi) is 4.62. The summed E-state index contributed by atoms with van der Waals surface area (Å²) in [6, 6.07) is 0. The molecule has 102 valence electrons. The molecule has 0 aromatic carbocycles. The largest absolute Gasteiger partial charge is 0.348 e. The second-order valence-electron chi connectivity index (χ2n) is 5.91. The molecular weight excluding hydrogens is 242 g/mol. The van der Waals surface area contributed by atoms with E-state index in [4.69, 9.17) is 4.98 Å². The molecule has 0 radical (unpaired) electrons. The van der Waals surface area contributed by atoms with Gasteiger partial charge in [-0.25, -0.2) is 4.98 Å². The molecular formula is C14H25N3S. The fourth-order valence-corrected chi connectivity index (χ4v) is 3.27. The van der Waals surface area contributed by atoms with Crippen LogP contribution in [0.4, 0.5) is 5.13 Å². The third-order valence-electron chi connectivity index (χ3n) is 3.71. The van der Waals surface area contributed by atoms with Gasteiger partial charge in [0, 0.05) is 25.0 Å². The van der Waals surface area contributed by atoms with E-state index in [2.05, 4.69) is 36.4 Å². The third-order valence-corrected chi connectivity index (χ3v) is 4.66. The van der Waals surface area contributed by atoms with Crippen molar-refractivity contribution in [1.82, 2.24) is 10.3 Å². The number of hydrogen-bond donors (Lipinski definition) is 1. The molecule has 0 saturated carbocycles. The minimum absolute atomic E-state index is 0.499. The van der Waals surface area contributed by atoms with Crippen LogP contribution in [0.25, 0.3) is 0 Å². The highest BCUT2D eigenvalue weighted by Gasteiger charge is 2.24. The maximum absolute atomic E-state index is 4.74. The average Bonchev–Trinajstić information content (AvgIpc) is 2.72. The zero-order chi connectivity index (χ0) is 13.0. The third kappa shape index (κ3) is 3.69. The summed E-state index contributed by atoms with van der Waals surface area (Å²) >= 11 is 1.79. The second kappa shape index (κ2) is 6.02. The van der Waals surface area contributed by atoms with Crippen LogP contribution in [0, 0.1) is 5.41 Å². The van der Waals surface area contributed by atoms with Gasteiger partial charge in [0.15, 0.2) is 5.13 Å². The summed E-state index contributed by atoms with van der Waals surface area (Å²) in [6.07, 6.45) is 3.89. The maximum Gasteiger partial charge on any atom is 0.185 e. The molecule has 2 rings (SSSR count). The van der Waals surface area contributed by atoms with Crippen LogP contribution in [0.15, 0.2) is 5.38 Å². The highest BCUT2D eigenvalue weighted by molar-refractivity contribution is 7.13. The minimum Gasteiger partial charge on any atom is -0.348 e. The zero-order valence-corrected chi connectivity index (χ0v) is 12.6. The van der Waals surface area contributed by atoms with Gasteiger partial charge in [-0.05, 0) is 31.2 Å². The van der Waals surface area contributed by atoms with Crippen molar-refractivity contribution in [3.63, 3.8) is 0 Å². The number of anilines is 1. The summed E-state index contributed by atoms with van der Waals surface area (Å²) < 4.78 is 0. The highest BCUT2D eigenvalue weighted by atomic mass is 32.1. The lowest BCUT2D eigenvalue weighted by Gasteiger charge is -2.22. The van der Waals surface area contributed by atoms with Crippen LogP contribution in [0.1, 0.15) is 45.7 Å². The first-order valence-electron chi connectivity index (χ1n) is 7.01. The van der Waals surface area contributed by atoms with E-state index >= 15 is 0 Å². The highest BCUT2D eigenvalue weighted by Crippen LogP contribution is 2.32.